The lowest BCUT2D eigenvalue weighted by Crippen LogP contribution is -2.61. The number of carbonyl (C=O) groups is 2. The number of nitrogens with zero attached hydrogens (tertiary/aromatic N) is 4. The lowest BCUT2D eigenvalue weighted by atomic mass is 9.60. The van der Waals surface area contributed by atoms with Crippen molar-refractivity contribution in [1.29, 1.82) is 0 Å². The number of alkyl halides is 2. The van der Waals surface area contributed by atoms with Gasteiger partial charge in [0, 0.05) is 50.5 Å². The van der Waals surface area contributed by atoms with Crippen LogP contribution < -0.4 is 4.90 Å². The average molecular weight is 683 g/mol. The summed E-state index contributed by atoms with van der Waals surface area (Å²) in [6, 6.07) is 12.6. The third-order valence-electron chi connectivity index (χ3n) is 8.80. The molecule has 2 fully saturated rings. The van der Waals surface area contributed by atoms with Gasteiger partial charge < -0.3 is 9.80 Å². The molecule has 3 aromatic rings. The van der Waals surface area contributed by atoms with Gasteiger partial charge >= 0.3 is 0 Å². The number of anilines is 1. The monoisotopic (exact) mass is 682 g/mol. The normalized spacial score (nSPS) is 16.8. The van der Waals surface area contributed by atoms with E-state index in [1.165, 1.54) is 6.07 Å². The van der Waals surface area contributed by atoms with Crippen molar-refractivity contribution in [1.82, 2.24) is 14.9 Å². The summed E-state index contributed by atoms with van der Waals surface area (Å²) in [5, 5.41) is 0. The topological polar surface area (TPSA) is 66.4 Å². The molecule has 1 saturated carbocycles. The molecule has 0 spiro atoms. The summed E-state index contributed by atoms with van der Waals surface area (Å²) >= 11 is 0. The number of ketones is 1. The van der Waals surface area contributed by atoms with Crippen LogP contribution in [0.5, 0.6) is 0 Å². The highest BCUT2D eigenvalue weighted by molar-refractivity contribution is 5.93. The molecule has 0 N–H and O–H groups in total. The minimum absolute atomic E-state index is 0.0947. The molecule has 0 radical (unpaired) electrons. The van der Waals surface area contributed by atoms with Crippen molar-refractivity contribution in [3.05, 3.63) is 88.1 Å². The van der Waals surface area contributed by atoms with E-state index in [0.29, 0.717) is 49.4 Å². The number of hydrogen-bond acceptors (Lipinski definition) is 5. The van der Waals surface area contributed by atoms with Crippen molar-refractivity contribution in [2.24, 2.45) is 0 Å². The SMILES string of the molecule is CC.CC.CCCC1(c2nc(C(=O)N3CCN(c4ccc(CC(C)=O)cn4)CC3(C)C)ccc2C)CC(F)(F)C1.Cc1ccc(C)c(F)c1. The number of pyridine rings is 2. The average Bonchev–Trinajstić information content (AvgIpc) is 3.04. The van der Waals surface area contributed by atoms with Gasteiger partial charge in [-0.05, 0) is 88.4 Å². The predicted molar refractivity (Wildman–Crippen MR) is 194 cm³/mol. The van der Waals surface area contributed by atoms with E-state index in [9.17, 15) is 22.8 Å². The zero-order chi connectivity index (χ0) is 37.2. The van der Waals surface area contributed by atoms with Crippen molar-refractivity contribution in [3.63, 3.8) is 0 Å². The number of benzene rings is 1. The molecule has 1 amide bonds. The molecule has 2 aromatic heterocycles. The first kappa shape index (κ1) is 41.4. The fourth-order valence-electron chi connectivity index (χ4n) is 6.62. The summed E-state index contributed by atoms with van der Waals surface area (Å²) in [4.78, 5) is 38.2. The van der Waals surface area contributed by atoms with Crippen LogP contribution in [0.2, 0.25) is 0 Å². The zero-order valence-corrected chi connectivity index (χ0v) is 31.5. The highest BCUT2D eigenvalue weighted by Gasteiger charge is 2.58. The molecule has 2 aliphatic rings. The summed E-state index contributed by atoms with van der Waals surface area (Å²) in [5.41, 5.74) is 3.23. The molecule has 270 valence electrons. The Morgan fingerprint density at radius 3 is 2.02 bits per heavy atom. The number of halogens is 3. The zero-order valence-electron chi connectivity index (χ0n) is 31.5. The fraction of sp³-hybridized carbons (Fsp3) is 0.550. The molecule has 0 unspecified atom stereocenters. The molecule has 1 saturated heterocycles. The second kappa shape index (κ2) is 17.8. The van der Waals surface area contributed by atoms with E-state index in [1.54, 1.807) is 32.2 Å². The number of hydrogen-bond donors (Lipinski definition) is 0. The lowest BCUT2D eigenvalue weighted by Gasteiger charge is -2.48. The molecule has 6 nitrogen and oxygen atoms in total. The van der Waals surface area contributed by atoms with Gasteiger partial charge in [0.1, 0.15) is 23.1 Å². The Kier molecular flexibility index (Phi) is 15.0. The van der Waals surface area contributed by atoms with Crippen LogP contribution in [0, 0.1) is 26.6 Å². The Morgan fingerprint density at radius 1 is 0.898 bits per heavy atom. The number of amides is 1. The number of carbonyl (C=O) groups excluding carboxylic acids is 2. The molecule has 0 atom stereocenters. The third-order valence-corrected chi connectivity index (χ3v) is 8.80. The summed E-state index contributed by atoms with van der Waals surface area (Å²) < 4.78 is 40.5. The predicted octanol–water partition coefficient (Wildman–Crippen LogP) is 9.62. The van der Waals surface area contributed by atoms with E-state index in [1.807, 2.05) is 91.5 Å². The van der Waals surface area contributed by atoms with Crippen molar-refractivity contribution in [2.45, 2.75) is 125 Å². The molecule has 1 aliphatic heterocycles. The fourth-order valence-corrected chi connectivity index (χ4v) is 6.62. The maximum Gasteiger partial charge on any atom is 0.273 e. The van der Waals surface area contributed by atoms with Crippen molar-refractivity contribution in [3.8, 4) is 0 Å². The largest absolute Gasteiger partial charge is 0.353 e. The Morgan fingerprint density at radius 2 is 1.53 bits per heavy atom. The van der Waals surface area contributed by atoms with E-state index in [0.717, 1.165) is 28.9 Å². The molecule has 49 heavy (non-hydrogen) atoms. The van der Waals surface area contributed by atoms with Gasteiger partial charge in [-0.1, -0.05) is 65.3 Å². The van der Waals surface area contributed by atoms with E-state index in [-0.39, 0.29) is 30.3 Å². The van der Waals surface area contributed by atoms with Gasteiger partial charge in [-0.15, -0.1) is 0 Å². The Hall–Kier alpha value is -3.75. The van der Waals surface area contributed by atoms with Crippen molar-refractivity contribution < 1.29 is 22.8 Å². The van der Waals surface area contributed by atoms with Crippen LogP contribution in [0.1, 0.15) is 120 Å². The van der Waals surface area contributed by atoms with Crippen molar-refractivity contribution >= 4 is 17.5 Å². The van der Waals surface area contributed by atoms with Gasteiger partial charge in [0.05, 0.1) is 11.2 Å². The standard InChI is InChI=1S/C28H36F2N4O2.C8H9F.2C2H6/c1-6-11-27(16-28(29,30)17-27)24-19(2)7-9-22(32-24)25(36)34-13-12-33(18-26(34,4)5)23-10-8-21(15-31-23)14-20(3)35;1-6-3-4-7(2)8(9)5-6;2*1-2/h7-10,15H,6,11-14,16-18H2,1-5H3;3-5H,1-2H3;2*1-2H3. The number of Topliss-reactive ketones (excluding diaryl/α,β-unsaturated/α-hetero) is 1. The Bertz CT molecular complexity index is 1530. The van der Waals surface area contributed by atoms with Gasteiger partial charge in [0.25, 0.3) is 5.91 Å². The van der Waals surface area contributed by atoms with Crippen LogP contribution in [0.3, 0.4) is 0 Å². The minimum Gasteiger partial charge on any atom is -0.353 e. The van der Waals surface area contributed by atoms with Gasteiger partial charge in [-0.3, -0.25) is 9.59 Å². The highest BCUT2D eigenvalue weighted by Crippen LogP contribution is 2.56. The summed E-state index contributed by atoms with van der Waals surface area (Å²) in [6.07, 6.45) is 3.10. The van der Waals surface area contributed by atoms with Crippen LogP contribution in [0.15, 0.2) is 48.7 Å². The first-order valence-corrected chi connectivity index (χ1v) is 17.7. The molecular formula is C40H57F3N4O2. The van der Waals surface area contributed by atoms with Crippen molar-refractivity contribution in [2.75, 3.05) is 24.5 Å². The smallest absolute Gasteiger partial charge is 0.273 e. The number of piperazine rings is 1. The molecule has 3 heterocycles. The highest BCUT2D eigenvalue weighted by atomic mass is 19.3. The minimum atomic E-state index is -2.67. The second-order valence-corrected chi connectivity index (χ2v) is 13.4. The number of aryl methyl sites for hydroxylation is 3. The Balaban J connectivity index is 0.000000545. The first-order valence-electron chi connectivity index (χ1n) is 17.7. The first-order chi connectivity index (χ1) is 23.1. The second-order valence-electron chi connectivity index (χ2n) is 13.4. The van der Waals surface area contributed by atoms with E-state index in [2.05, 4.69) is 9.88 Å². The summed E-state index contributed by atoms with van der Waals surface area (Å²) in [5.74, 6) is -2.05. The van der Waals surface area contributed by atoms with Gasteiger partial charge in [0.2, 0.25) is 5.92 Å². The molecule has 1 aliphatic carbocycles. The molecule has 5 rings (SSSR count). The maximum absolute atomic E-state index is 14.0. The van der Waals surface area contributed by atoms with E-state index < -0.39 is 16.9 Å². The number of rotatable bonds is 7. The van der Waals surface area contributed by atoms with Crippen LogP contribution in [-0.4, -0.2) is 57.7 Å². The maximum atomic E-state index is 14.0. The molecular weight excluding hydrogens is 625 g/mol. The summed E-state index contributed by atoms with van der Waals surface area (Å²) in [7, 11) is 0. The summed E-state index contributed by atoms with van der Waals surface area (Å²) in [6.45, 7) is 22.8. The molecule has 1 aromatic carbocycles. The molecule has 9 heteroatoms. The van der Waals surface area contributed by atoms with Gasteiger partial charge in [0.15, 0.2) is 0 Å². The van der Waals surface area contributed by atoms with Gasteiger partial charge in [-0.25, -0.2) is 23.1 Å². The van der Waals surface area contributed by atoms with Crippen LogP contribution in [0.4, 0.5) is 19.0 Å². The lowest BCUT2D eigenvalue weighted by molar-refractivity contribution is -0.130. The quantitative estimate of drug-likeness (QED) is 0.248. The van der Waals surface area contributed by atoms with E-state index >= 15 is 0 Å². The Labute approximate surface area is 292 Å². The third kappa shape index (κ3) is 10.6. The van der Waals surface area contributed by atoms with Crippen LogP contribution >= 0.6 is 0 Å². The van der Waals surface area contributed by atoms with Crippen LogP contribution in [-0.2, 0) is 16.6 Å². The number of aromatic nitrogens is 2. The van der Waals surface area contributed by atoms with Gasteiger partial charge in [-0.2, -0.15) is 0 Å². The van der Waals surface area contributed by atoms with E-state index in [4.69, 9.17) is 4.98 Å². The molecule has 0 bridgehead atoms. The van der Waals surface area contributed by atoms with Crippen LogP contribution in [0.25, 0.3) is 0 Å².